The van der Waals surface area contributed by atoms with Crippen LogP contribution in [0.4, 0.5) is 11.4 Å². The van der Waals surface area contributed by atoms with E-state index in [1.54, 1.807) is 32.2 Å². The van der Waals surface area contributed by atoms with Gasteiger partial charge in [0.1, 0.15) is 11.4 Å². The fraction of sp³-hybridized carbons (Fsp3) is 0.133. The smallest absolute Gasteiger partial charge is 0.294 e. The van der Waals surface area contributed by atoms with E-state index in [1.165, 1.54) is 6.07 Å². The highest BCUT2D eigenvalue weighted by atomic mass is 16.6. The normalized spacial score (nSPS) is 11.0. The Morgan fingerprint density at radius 1 is 1.19 bits per heavy atom. The molecule has 0 aliphatic carbocycles. The molecule has 0 spiro atoms. The standard InChI is InChI=1S/C15H15N3O3/c1-11(12-7-3-6-10-15(12)21-2)16-17-13-8-4-5-9-14(13)18(19)20/h3-10,17H,1-2H3/b16-11-. The minimum atomic E-state index is -0.448. The zero-order chi connectivity index (χ0) is 15.2. The van der Waals surface area contributed by atoms with Gasteiger partial charge in [-0.05, 0) is 25.1 Å². The maximum atomic E-state index is 10.9. The van der Waals surface area contributed by atoms with E-state index in [2.05, 4.69) is 10.5 Å². The first-order valence-electron chi connectivity index (χ1n) is 6.30. The Morgan fingerprint density at radius 2 is 1.86 bits per heavy atom. The maximum Gasteiger partial charge on any atom is 0.294 e. The lowest BCUT2D eigenvalue weighted by Gasteiger charge is -2.08. The molecule has 0 saturated carbocycles. The van der Waals surface area contributed by atoms with Crippen molar-refractivity contribution in [3.63, 3.8) is 0 Å². The van der Waals surface area contributed by atoms with Crippen LogP contribution in [0.3, 0.4) is 0 Å². The lowest BCUT2D eigenvalue weighted by Crippen LogP contribution is -2.03. The van der Waals surface area contributed by atoms with Crippen molar-refractivity contribution in [2.75, 3.05) is 12.5 Å². The van der Waals surface area contributed by atoms with E-state index >= 15 is 0 Å². The van der Waals surface area contributed by atoms with Crippen molar-refractivity contribution < 1.29 is 9.66 Å². The lowest BCUT2D eigenvalue weighted by molar-refractivity contribution is -0.384. The number of para-hydroxylation sites is 3. The Morgan fingerprint density at radius 3 is 2.57 bits per heavy atom. The SMILES string of the molecule is COc1ccccc1/C(C)=N\Nc1ccccc1[N+](=O)[O-]. The Labute approximate surface area is 122 Å². The molecule has 2 aromatic rings. The van der Waals surface area contributed by atoms with Crippen molar-refractivity contribution in [3.8, 4) is 5.75 Å². The minimum absolute atomic E-state index is 0.0194. The second-order valence-corrected chi connectivity index (χ2v) is 4.28. The number of methoxy groups -OCH3 is 1. The van der Waals surface area contributed by atoms with Crippen LogP contribution in [0.2, 0.25) is 0 Å². The summed E-state index contributed by atoms with van der Waals surface area (Å²) in [5.74, 6) is 0.697. The number of anilines is 1. The van der Waals surface area contributed by atoms with Crippen molar-refractivity contribution in [2.45, 2.75) is 6.92 Å². The van der Waals surface area contributed by atoms with Crippen molar-refractivity contribution in [1.82, 2.24) is 0 Å². The van der Waals surface area contributed by atoms with Crippen LogP contribution in [-0.2, 0) is 0 Å². The molecule has 0 aliphatic heterocycles. The summed E-state index contributed by atoms with van der Waals surface area (Å²) in [6, 6.07) is 13.8. The van der Waals surface area contributed by atoms with Crippen LogP contribution in [0.1, 0.15) is 12.5 Å². The van der Waals surface area contributed by atoms with E-state index in [9.17, 15) is 10.1 Å². The van der Waals surface area contributed by atoms with Gasteiger partial charge in [0.2, 0.25) is 0 Å². The number of ether oxygens (including phenoxy) is 1. The molecule has 2 aromatic carbocycles. The second-order valence-electron chi connectivity index (χ2n) is 4.28. The number of hydrogen-bond acceptors (Lipinski definition) is 5. The van der Waals surface area contributed by atoms with Crippen molar-refractivity contribution in [3.05, 3.63) is 64.2 Å². The largest absolute Gasteiger partial charge is 0.496 e. The molecular weight excluding hydrogens is 270 g/mol. The molecule has 0 aliphatic rings. The molecule has 108 valence electrons. The van der Waals surface area contributed by atoms with Crippen molar-refractivity contribution in [1.29, 1.82) is 0 Å². The highest BCUT2D eigenvalue weighted by molar-refractivity contribution is 6.01. The van der Waals surface area contributed by atoms with Gasteiger partial charge in [-0.2, -0.15) is 5.10 Å². The number of nitro benzene ring substituents is 1. The summed E-state index contributed by atoms with van der Waals surface area (Å²) in [7, 11) is 1.58. The summed E-state index contributed by atoms with van der Waals surface area (Å²) in [6.45, 7) is 1.81. The van der Waals surface area contributed by atoms with E-state index in [4.69, 9.17) is 4.74 Å². The Kier molecular flexibility index (Phi) is 4.50. The monoisotopic (exact) mass is 285 g/mol. The summed E-state index contributed by atoms with van der Waals surface area (Å²) < 4.78 is 5.26. The number of nitro groups is 1. The zero-order valence-corrected chi connectivity index (χ0v) is 11.7. The third kappa shape index (κ3) is 3.36. The second kappa shape index (κ2) is 6.51. The van der Waals surface area contributed by atoms with Gasteiger partial charge in [0.25, 0.3) is 5.69 Å². The molecule has 6 heteroatoms. The van der Waals surface area contributed by atoms with Crippen LogP contribution in [0, 0.1) is 10.1 Å². The molecular formula is C15H15N3O3. The zero-order valence-electron chi connectivity index (χ0n) is 11.7. The summed E-state index contributed by atoms with van der Waals surface area (Å²) in [5, 5.41) is 15.1. The van der Waals surface area contributed by atoms with Crippen molar-refractivity contribution >= 4 is 17.1 Å². The van der Waals surface area contributed by atoms with Gasteiger partial charge >= 0.3 is 0 Å². The first-order chi connectivity index (χ1) is 10.1. The summed E-state index contributed by atoms with van der Waals surface area (Å²) in [4.78, 5) is 10.5. The Hall–Kier alpha value is -2.89. The van der Waals surface area contributed by atoms with Crippen LogP contribution < -0.4 is 10.2 Å². The highest BCUT2D eigenvalue weighted by Crippen LogP contribution is 2.24. The van der Waals surface area contributed by atoms with Gasteiger partial charge in [0, 0.05) is 11.6 Å². The molecule has 0 atom stereocenters. The topological polar surface area (TPSA) is 76.8 Å². The predicted molar refractivity (Wildman–Crippen MR) is 81.9 cm³/mol. The minimum Gasteiger partial charge on any atom is -0.496 e. The van der Waals surface area contributed by atoms with E-state index < -0.39 is 4.92 Å². The average molecular weight is 285 g/mol. The summed E-state index contributed by atoms with van der Waals surface area (Å²) >= 11 is 0. The van der Waals surface area contributed by atoms with Crippen LogP contribution in [0.15, 0.2) is 53.6 Å². The van der Waals surface area contributed by atoms with E-state index in [0.29, 0.717) is 17.1 Å². The van der Waals surface area contributed by atoms with Crippen LogP contribution in [0.25, 0.3) is 0 Å². The van der Waals surface area contributed by atoms with Gasteiger partial charge in [0.15, 0.2) is 0 Å². The van der Waals surface area contributed by atoms with Crippen LogP contribution in [-0.4, -0.2) is 17.7 Å². The third-order valence-electron chi connectivity index (χ3n) is 2.94. The van der Waals surface area contributed by atoms with E-state index in [-0.39, 0.29) is 5.69 Å². The fourth-order valence-corrected chi connectivity index (χ4v) is 1.88. The molecule has 1 N–H and O–H groups in total. The molecule has 2 rings (SSSR count). The predicted octanol–water partition coefficient (Wildman–Crippen LogP) is 3.44. The Balaban J connectivity index is 2.27. The van der Waals surface area contributed by atoms with Gasteiger partial charge in [-0.15, -0.1) is 0 Å². The quantitative estimate of drug-likeness (QED) is 0.518. The number of hydrazone groups is 1. The Bertz CT molecular complexity index is 683. The molecule has 0 bridgehead atoms. The van der Waals surface area contributed by atoms with Gasteiger partial charge < -0.3 is 4.74 Å². The first-order valence-corrected chi connectivity index (χ1v) is 6.30. The molecule has 0 amide bonds. The molecule has 0 fully saturated rings. The fourth-order valence-electron chi connectivity index (χ4n) is 1.88. The molecule has 0 aromatic heterocycles. The average Bonchev–Trinajstić information content (AvgIpc) is 2.52. The third-order valence-corrected chi connectivity index (χ3v) is 2.94. The molecule has 0 unspecified atom stereocenters. The first kappa shape index (κ1) is 14.5. The van der Waals surface area contributed by atoms with Gasteiger partial charge in [0.05, 0.1) is 17.7 Å². The highest BCUT2D eigenvalue weighted by Gasteiger charge is 2.12. The maximum absolute atomic E-state index is 10.9. The van der Waals surface area contributed by atoms with Gasteiger partial charge in [-0.1, -0.05) is 24.3 Å². The molecule has 6 nitrogen and oxygen atoms in total. The molecule has 0 radical (unpaired) electrons. The van der Waals surface area contributed by atoms with Gasteiger partial charge in [-0.25, -0.2) is 0 Å². The number of rotatable bonds is 5. The van der Waals surface area contributed by atoms with Crippen molar-refractivity contribution in [2.24, 2.45) is 5.10 Å². The van der Waals surface area contributed by atoms with Gasteiger partial charge in [-0.3, -0.25) is 15.5 Å². The number of hydrogen-bond donors (Lipinski definition) is 1. The van der Waals surface area contributed by atoms with E-state index in [0.717, 1.165) is 5.56 Å². The van der Waals surface area contributed by atoms with Crippen LogP contribution >= 0.6 is 0 Å². The van der Waals surface area contributed by atoms with Crippen LogP contribution in [0.5, 0.6) is 5.75 Å². The molecule has 0 heterocycles. The molecule has 0 saturated heterocycles. The number of benzene rings is 2. The summed E-state index contributed by atoms with van der Waals surface area (Å²) in [6.07, 6.45) is 0. The van der Waals surface area contributed by atoms with E-state index in [1.807, 2.05) is 24.3 Å². The lowest BCUT2D eigenvalue weighted by atomic mass is 10.1. The molecule has 21 heavy (non-hydrogen) atoms. The summed E-state index contributed by atoms with van der Waals surface area (Å²) in [5.41, 5.74) is 4.56. The number of nitrogens with zero attached hydrogens (tertiary/aromatic N) is 2. The number of nitrogens with one attached hydrogen (secondary N) is 1.